The molecule has 0 aliphatic rings. The first kappa shape index (κ1) is 50.8. The summed E-state index contributed by atoms with van der Waals surface area (Å²) < 4.78 is 144. The van der Waals surface area contributed by atoms with E-state index in [-0.39, 0.29) is 33.1 Å². The fraction of sp³-hybridized carbons (Fsp3) is 0.0429. The van der Waals surface area contributed by atoms with Crippen LogP contribution in [0.1, 0.15) is 22.3 Å². The van der Waals surface area contributed by atoms with E-state index in [4.69, 9.17) is 0 Å². The van der Waals surface area contributed by atoms with Gasteiger partial charge in [-0.3, -0.25) is 0 Å². The van der Waals surface area contributed by atoms with Gasteiger partial charge in [-0.25, -0.2) is 0 Å². The topological polar surface area (TPSA) is 38.6 Å². The summed E-state index contributed by atoms with van der Waals surface area (Å²) in [6.07, 6.45) is -14.3. The molecular formula is C70H35F9N4S2. The molecule has 0 spiro atoms. The van der Waals surface area contributed by atoms with Gasteiger partial charge >= 0.3 is 18.5 Å². The standard InChI is InChI=1S/C70H35F9N4S2/c71-68(72,73)37-27-30-56-49(33-37)40-13-1-6-22-53(40)81(56)63-52(36-80)64(82-54-23-7-2-14-41(54)50-34-38(69(74,75)76)28-31-57(50)82)62(48-21-12-19-46-44-17-5-10-26-60(44)85-67(46)48)65(61(63)47-20-11-18-45-43-16-4-9-25-59(43)84-66(45)47)83-55-24-8-3-15-42(55)51-35-39(70(77,78)79)29-32-58(51)83/h1-35H. The molecule has 16 rings (SSSR count). The number of thiophene rings is 2. The summed E-state index contributed by atoms with van der Waals surface area (Å²) in [6.45, 7) is 0. The van der Waals surface area contributed by atoms with E-state index >= 15 is 39.5 Å². The van der Waals surface area contributed by atoms with Gasteiger partial charge in [0.1, 0.15) is 11.6 Å². The van der Waals surface area contributed by atoms with Gasteiger partial charge in [0.2, 0.25) is 0 Å². The minimum atomic E-state index is -4.75. The van der Waals surface area contributed by atoms with E-state index in [0.717, 1.165) is 76.7 Å². The maximum Gasteiger partial charge on any atom is 0.416 e. The van der Waals surface area contributed by atoms with Gasteiger partial charge in [0.05, 0.1) is 66.9 Å². The predicted octanol–water partition coefficient (Wildman–Crippen LogP) is 22.0. The van der Waals surface area contributed by atoms with Gasteiger partial charge in [-0.05, 0) is 84.9 Å². The molecular weight excluding hydrogens is 1130 g/mol. The Morgan fingerprint density at radius 1 is 0.306 bits per heavy atom. The van der Waals surface area contributed by atoms with Gasteiger partial charge in [0.15, 0.2) is 0 Å². The molecule has 0 saturated carbocycles. The van der Waals surface area contributed by atoms with Crippen LogP contribution >= 0.6 is 22.7 Å². The van der Waals surface area contributed by atoms with Crippen LogP contribution in [0.4, 0.5) is 39.5 Å². The van der Waals surface area contributed by atoms with E-state index in [1.807, 2.05) is 105 Å². The van der Waals surface area contributed by atoms with Gasteiger partial charge in [-0.2, -0.15) is 44.8 Å². The average Bonchev–Trinajstić information content (AvgIpc) is 1.91. The third kappa shape index (κ3) is 7.41. The Kier molecular flexibility index (Phi) is 10.8. The van der Waals surface area contributed by atoms with Crippen LogP contribution in [0, 0.1) is 11.3 Å². The van der Waals surface area contributed by atoms with Gasteiger partial charge in [0, 0.05) is 94.9 Å². The molecule has 0 amide bonds. The summed E-state index contributed by atoms with van der Waals surface area (Å²) in [7, 11) is 0. The van der Waals surface area contributed by atoms with E-state index in [1.165, 1.54) is 40.9 Å². The summed E-state index contributed by atoms with van der Waals surface area (Å²) in [5.74, 6) is 0. The smallest absolute Gasteiger partial charge is 0.308 e. The Morgan fingerprint density at radius 2 is 0.612 bits per heavy atom. The van der Waals surface area contributed by atoms with Crippen LogP contribution in [0.5, 0.6) is 0 Å². The van der Waals surface area contributed by atoms with E-state index in [9.17, 15) is 5.26 Å². The Labute approximate surface area is 482 Å². The highest BCUT2D eigenvalue weighted by Gasteiger charge is 2.38. The van der Waals surface area contributed by atoms with E-state index in [2.05, 4.69) is 6.07 Å². The van der Waals surface area contributed by atoms with Crippen molar-refractivity contribution in [1.29, 1.82) is 5.26 Å². The number of halogens is 9. The van der Waals surface area contributed by atoms with E-state index in [0.29, 0.717) is 77.2 Å². The third-order valence-electron chi connectivity index (χ3n) is 16.6. The molecule has 16 aromatic rings. The maximum atomic E-state index is 15.1. The zero-order chi connectivity index (χ0) is 58.0. The van der Waals surface area contributed by atoms with Gasteiger partial charge in [0.25, 0.3) is 0 Å². The van der Waals surface area contributed by atoms with Crippen LogP contribution in [-0.4, -0.2) is 13.7 Å². The second-order valence-corrected chi connectivity index (χ2v) is 23.2. The minimum absolute atomic E-state index is 0.00444. The first-order valence-electron chi connectivity index (χ1n) is 26.8. The Hall–Kier alpha value is -9.88. The molecule has 0 unspecified atom stereocenters. The van der Waals surface area contributed by atoms with Gasteiger partial charge in [-0.1, -0.05) is 127 Å². The summed E-state index contributed by atoms with van der Waals surface area (Å²) >= 11 is 3.00. The molecule has 0 N–H and O–H groups in total. The zero-order valence-electron chi connectivity index (χ0n) is 43.7. The third-order valence-corrected chi connectivity index (χ3v) is 19.0. The predicted molar refractivity (Wildman–Crippen MR) is 326 cm³/mol. The summed E-state index contributed by atoms with van der Waals surface area (Å²) in [6, 6.07) is 61.9. The molecule has 410 valence electrons. The van der Waals surface area contributed by atoms with Crippen molar-refractivity contribution in [3.63, 3.8) is 0 Å². The van der Waals surface area contributed by atoms with Crippen molar-refractivity contribution < 1.29 is 39.5 Å². The summed E-state index contributed by atoms with van der Waals surface area (Å²) in [5.41, 5.74) is 2.29. The molecule has 0 saturated heterocycles. The molecule has 0 aliphatic heterocycles. The first-order chi connectivity index (χ1) is 41.1. The molecule has 85 heavy (non-hydrogen) atoms. The van der Waals surface area contributed by atoms with Crippen LogP contribution in [0.3, 0.4) is 0 Å². The molecule has 15 heteroatoms. The number of alkyl halides is 9. The number of aromatic nitrogens is 3. The van der Waals surface area contributed by atoms with Crippen LogP contribution in [0.2, 0.25) is 0 Å². The number of para-hydroxylation sites is 3. The lowest BCUT2D eigenvalue weighted by Crippen LogP contribution is -2.14. The fourth-order valence-electron chi connectivity index (χ4n) is 13.1. The van der Waals surface area contributed by atoms with Crippen molar-refractivity contribution in [2.45, 2.75) is 18.5 Å². The largest absolute Gasteiger partial charge is 0.416 e. The highest BCUT2D eigenvalue weighted by Crippen LogP contribution is 2.56. The van der Waals surface area contributed by atoms with Crippen molar-refractivity contribution in [1.82, 2.24) is 13.7 Å². The number of hydrogen-bond acceptors (Lipinski definition) is 3. The average molecular weight is 1170 g/mol. The lowest BCUT2D eigenvalue weighted by atomic mass is 9.87. The molecule has 0 aliphatic carbocycles. The highest BCUT2D eigenvalue weighted by molar-refractivity contribution is 7.26. The number of fused-ring (bicyclic) bond motifs is 15. The molecule has 0 atom stereocenters. The molecule has 0 fully saturated rings. The van der Waals surface area contributed by atoms with Gasteiger partial charge < -0.3 is 13.7 Å². The number of benzene rings is 11. The quantitative estimate of drug-likeness (QED) is 0.158. The van der Waals surface area contributed by atoms with E-state index in [1.54, 1.807) is 66.7 Å². The second-order valence-electron chi connectivity index (χ2n) is 21.1. The van der Waals surface area contributed by atoms with Crippen molar-refractivity contribution in [3.8, 4) is 45.4 Å². The SMILES string of the molecule is N#Cc1c(-n2c3ccccc3c3cc(C(F)(F)F)ccc32)c(-c2cccc3c2sc2ccccc23)c(-n2c3ccccc3c3cc(C(F)(F)F)ccc32)c(-c2cccc3c2sc2ccccc23)c1-n1c2ccccc2c2cc(C(F)(F)F)ccc21. The minimum Gasteiger partial charge on any atom is -0.308 e. The van der Waals surface area contributed by atoms with Crippen LogP contribution in [0.15, 0.2) is 212 Å². The monoisotopic (exact) mass is 1170 g/mol. The molecule has 0 radical (unpaired) electrons. The molecule has 4 nitrogen and oxygen atoms in total. The first-order valence-corrected chi connectivity index (χ1v) is 28.5. The number of nitriles is 1. The van der Waals surface area contributed by atoms with Crippen LogP contribution in [0.25, 0.3) is 145 Å². The lowest BCUT2D eigenvalue weighted by molar-refractivity contribution is -0.138. The van der Waals surface area contributed by atoms with Crippen LogP contribution in [-0.2, 0) is 18.5 Å². The fourth-order valence-corrected chi connectivity index (χ4v) is 15.5. The Bertz CT molecular complexity index is 5330. The number of rotatable bonds is 5. The normalized spacial score (nSPS) is 12.8. The van der Waals surface area contributed by atoms with Crippen molar-refractivity contribution in [3.05, 3.63) is 235 Å². The number of hydrogen-bond donors (Lipinski definition) is 0. The maximum absolute atomic E-state index is 15.1. The van der Waals surface area contributed by atoms with Crippen molar-refractivity contribution in [2.75, 3.05) is 0 Å². The Morgan fingerprint density at radius 3 is 0.965 bits per heavy atom. The van der Waals surface area contributed by atoms with Gasteiger partial charge in [-0.15, -0.1) is 22.7 Å². The summed E-state index contributed by atoms with van der Waals surface area (Å²) in [4.78, 5) is 0. The van der Waals surface area contributed by atoms with Crippen molar-refractivity contribution >= 4 is 128 Å². The van der Waals surface area contributed by atoms with E-state index < -0.39 is 35.2 Å². The number of nitrogens with zero attached hydrogens (tertiary/aromatic N) is 4. The second kappa shape index (κ2) is 18.1. The molecule has 5 heterocycles. The van der Waals surface area contributed by atoms with Crippen LogP contribution < -0.4 is 0 Å². The lowest BCUT2D eigenvalue weighted by Gasteiger charge is -2.29. The Balaban J connectivity index is 1.26. The summed E-state index contributed by atoms with van der Waals surface area (Å²) in [5, 5.41) is 18.3. The molecule has 5 aromatic heterocycles. The highest BCUT2D eigenvalue weighted by atomic mass is 32.1. The molecule has 11 aromatic carbocycles. The molecule has 0 bridgehead atoms. The van der Waals surface area contributed by atoms with Crippen molar-refractivity contribution in [2.24, 2.45) is 0 Å². The zero-order valence-corrected chi connectivity index (χ0v) is 45.3.